The highest BCUT2D eigenvalue weighted by molar-refractivity contribution is 6.09. The number of imide groups is 1. The molecule has 0 unspecified atom stereocenters. The van der Waals surface area contributed by atoms with E-state index in [9.17, 15) is 9.59 Å². The van der Waals surface area contributed by atoms with Crippen LogP contribution in [0.25, 0.3) is 10.8 Å². The molecule has 5 nitrogen and oxygen atoms in total. The molecule has 17 heavy (non-hydrogen) atoms. The summed E-state index contributed by atoms with van der Waals surface area (Å²) in [6, 6.07) is 9.90. The fourth-order valence-corrected chi connectivity index (χ4v) is 1.63. The van der Waals surface area contributed by atoms with E-state index in [1.807, 2.05) is 29.6 Å². The van der Waals surface area contributed by atoms with Crippen molar-refractivity contribution in [1.82, 2.24) is 5.32 Å². The van der Waals surface area contributed by atoms with Gasteiger partial charge in [0.15, 0.2) is 0 Å². The van der Waals surface area contributed by atoms with Gasteiger partial charge in [0.25, 0.3) is 5.91 Å². The third-order valence-electron chi connectivity index (χ3n) is 2.40. The van der Waals surface area contributed by atoms with Crippen molar-refractivity contribution >= 4 is 28.4 Å². The molecule has 5 N–H and O–H groups in total. The van der Waals surface area contributed by atoms with E-state index in [0.717, 1.165) is 10.8 Å². The van der Waals surface area contributed by atoms with Crippen LogP contribution in [0.4, 0.5) is 10.5 Å². The maximum atomic E-state index is 11.6. The lowest BCUT2D eigenvalue weighted by Crippen LogP contribution is -2.35. The minimum atomic E-state index is -0.900. The zero-order valence-corrected chi connectivity index (χ0v) is 8.94. The molecule has 0 aromatic heterocycles. The number of hydrogen-bond donors (Lipinski definition) is 3. The number of rotatable bonds is 1. The molecule has 2 aromatic rings. The minimum Gasteiger partial charge on any atom is -0.398 e. The molecule has 0 aliphatic carbocycles. The van der Waals surface area contributed by atoms with Crippen LogP contribution in [0.3, 0.4) is 0 Å². The topological polar surface area (TPSA) is 98.2 Å². The number of carbonyl (C=O) groups excluding carboxylic acids is 2. The van der Waals surface area contributed by atoms with Gasteiger partial charge in [-0.1, -0.05) is 24.3 Å². The van der Waals surface area contributed by atoms with Crippen LogP contribution in [-0.4, -0.2) is 11.9 Å². The summed E-state index contributed by atoms with van der Waals surface area (Å²) >= 11 is 0. The molecule has 0 radical (unpaired) electrons. The molecule has 3 amide bonds. The Bertz CT molecular complexity index is 608. The first-order chi connectivity index (χ1) is 8.08. The van der Waals surface area contributed by atoms with Crippen LogP contribution >= 0.6 is 0 Å². The first-order valence-electron chi connectivity index (χ1n) is 4.97. The lowest BCUT2D eigenvalue weighted by atomic mass is 10.0. The zero-order valence-electron chi connectivity index (χ0n) is 8.94. The summed E-state index contributed by atoms with van der Waals surface area (Å²) in [7, 11) is 0. The summed E-state index contributed by atoms with van der Waals surface area (Å²) in [5, 5.41) is 3.79. The zero-order chi connectivity index (χ0) is 12.4. The maximum absolute atomic E-state index is 11.6. The predicted octanol–water partition coefficient (Wildman–Crippen LogP) is 1.23. The summed E-state index contributed by atoms with van der Waals surface area (Å²) in [6.07, 6.45) is 0. The number of carbonyl (C=O) groups is 2. The summed E-state index contributed by atoms with van der Waals surface area (Å²) in [5.74, 6) is -0.597. The van der Waals surface area contributed by atoms with Gasteiger partial charge in [-0.25, -0.2) is 4.79 Å². The molecule has 0 fully saturated rings. The highest BCUT2D eigenvalue weighted by atomic mass is 16.2. The Labute approximate surface area is 97.4 Å². The van der Waals surface area contributed by atoms with E-state index in [1.165, 1.54) is 0 Å². The average Bonchev–Trinajstić information content (AvgIpc) is 2.27. The normalized spacial score (nSPS) is 10.1. The van der Waals surface area contributed by atoms with Crippen molar-refractivity contribution in [3.8, 4) is 0 Å². The predicted molar refractivity (Wildman–Crippen MR) is 65.4 cm³/mol. The van der Waals surface area contributed by atoms with Gasteiger partial charge in [-0.2, -0.15) is 0 Å². The van der Waals surface area contributed by atoms with Crippen molar-refractivity contribution < 1.29 is 9.59 Å². The summed E-state index contributed by atoms with van der Waals surface area (Å²) < 4.78 is 0. The number of anilines is 1. The summed E-state index contributed by atoms with van der Waals surface area (Å²) in [5.41, 5.74) is 11.2. The number of nitrogens with one attached hydrogen (secondary N) is 1. The number of fused-ring (bicyclic) bond motifs is 1. The molecule has 0 heterocycles. The Balaban J connectivity index is 2.50. The average molecular weight is 229 g/mol. The van der Waals surface area contributed by atoms with Gasteiger partial charge < -0.3 is 11.5 Å². The molecule has 0 atom stereocenters. The first-order valence-corrected chi connectivity index (χ1v) is 4.97. The second-order valence-electron chi connectivity index (χ2n) is 3.60. The van der Waals surface area contributed by atoms with Gasteiger partial charge in [0.2, 0.25) is 0 Å². The maximum Gasteiger partial charge on any atom is 0.319 e. The van der Waals surface area contributed by atoms with Crippen LogP contribution in [-0.2, 0) is 0 Å². The van der Waals surface area contributed by atoms with Gasteiger partial charge >= 0.3 is 6.03 Å². The summed E-state index contributed by atoms with van der Waals surface area (Å²) in [4.78, 5) is 22.2. The van der Waals surface area contributed by atoms with Gasteiger partial charge in [-0.05, 0) is 22.9 Å². The number of urea groups is 1. The van der Waals surface area contributed by atoms with Crippen molar-refractivity contribution in [3.05, 3.63) is 42.0 Å². The second-order valence-corrected chi connectivity index (χ2v) is 3.60. The van der Waals surface area contributed by atoms with Crippen molar-refractivity contribution in [3.63, 3.8) is 0 Å². The van der Waals surface area contributed by atoms with Gasteiger partial charge in [0, 0.05) is 5.69 Å². The number of hydrogen-bond acceptors (Lipinski definition) is 3. The highest BCUT2D eigenvalue weighted by Crippen LogP contribution is 2.21. The molecule has 2 aromatic carbocycles. The van der Waals surface area contributed by atoms with E-state index >= 15 is 0 Å². The van der Waals surface area contributed by atoms with Gasteiger partial charge in [-0.3, -0.25) is 10.1 Å². The lowest BCUT2D eigenvalue weighted by Gasteiger charge is -2.07. The number of amides is 3. The highest BCUT2D eigenvalue weighted by Gasteiger charge is 2.12. The monoisotopic (exact) mass is 229 g/mol. The second kappa shape index (κ2) is 4.13. The fourth-order valence-electron chi connectivity index (χ4n) is 1.63. The van der Waals surface area contributed by atoms with E-state index in [4.69, 9.17) is 11.5 Å². The van der Waals surface area contributed by atoms with E-state index in [0.29, 0.717) is 5.69 Å². The fraction of sp³-hybridized carbons (Fsp3) is 0. The molecule has 2 rings (SSSR count). The molecular weight excluding hydrogens is 218 g/mol. The Morgan fingerprint density at radius 3 is 2.24 bits per heavy atom. The minimum absolute atomic E-state index is 0.238. The molecule has 0 aliphatic rings. The Morgan fingerprint density at radius 2 is 1.65 bits per heavy atom. The van der Waals surface area contributed by atoms with E-state index in [2.05, 4.69) is 0 Å². The lowest BCUT2D eigenvalue weighted by molar-refractivity contribution is 0.0967. The van der Waals surface area contributed by atoms with Crippen LogP contribution < -0.4 is 16.8 Å². The molecular formula is C12H11N3O2. The smallest absolute Gasteiger partial charge is 0.319 e. The van der Waals surface area contributed by atoms with Crippen molar-refractivity contribution in [2.45, 2.75) is 0 Å². The molecule has 0 saturated heterocycles. The van der Waals surface area contributed by atoms with E-state index in [-0.39, 0.29) is 5.56 Å². The standard InChI is InChI=1S/C12H11N3O2/c13-10-6-8-4-2-1-3-7(8)5-9(10)11(16)15-12(14)17/h1-6H,13H2,(H3,14,15,16,17). The SMILES string of the molecule is NC(=O)NC(=O)c1cc2ccccc2cc1N. The third kappa shape index (κ3) is 2.17. The van der Waals surface area contributed by atoms with Crippen LogP contribution in [0.1, 0.15) is 10.4 Å². The van der Waals surface area contributed by atoms with Crippen molar-refractivity contribution in [2.24, 2.45) is 5.73 Å². The van der Waals surface area contributed by atoms with Crippen LogP contribution in [0.5, 0.6) is 0 Å². The quantitative estimate of drug-likeness (QED) is 0.641. The molecule has 0 saturated carbocycles. The number of primary amides is 1. The van der Waals surface area contributed by atoms with E-state index < -0.39 is 11.9 Å². The van der Waals surface area contributed by atoms with Crippen LogP contribution in [0.2, 0.25) is 0 Å². The molecule has 86 valence electrons. The van der Waals surface area contributed by atoms with Crippen LogP contribution in [0.15, 0.2) is 36.4 Å². The van der Waals surface area contributed by atoms with E-state index in [1.54, 1.807) is 12.1 Å². The number of nitrogens with two attached hydrogens (primary N) is 2. The molecule has 5 heteroatoms. The van der Waals surface area contributed by atoms with Crippen molar-refractivity contribution in [2.75, 3.05) is 5.73 Å². The molecule has 0 bridgehead atoms. The third-order valence-corrected chi connectivity index (χ3v) is 2.40. The van der Waals surface area contributed by atoms with Crippen molar-refractivity contribution in [1.29, 1.82) is 0 Å². The van der Waals surface area contributed by atoms with Gasteiger partial charge in [0.1, 0.15) is 0 Å². The molecule has 0 aliphatic heterocycles. The molecule has 0 spiro atoms. The van der Waals surface area contributed by atoms with Gasteiger partial charge in [-0.15, -0.1) is 0 Å². The number of nitrogen functional groups attached to an aromatic ring is 1. The van der Waals surface area contributed by atoms with Crippen LogP contribution in [0, 0.1) is 0 Å². The van der Waals surface area contributed by atoms with Gasteiger partial charge in [0.05, 0.1) is 5.56 Å². The first kappa shape index (κ1) is 10.9. The number of benzene rings is 2. The Hall–Kier alpha value is -2.56. The Kier molecular flexibility index (Phi) is 2.66. The largest absolute Gasteiger partial charge is 0.398 e. The Morgan fingerprint density at radius 1 is 1.06 bits per heavy atom. The summed E-state index contributed by atoms with van der Waals surface area (Å²) in [6.45, 7) is 0.